The van der Waals surface area contributed by atoms with Crippen LogP contribution in [0.15, 0.2) is 40.3 Å². The number of H-pyrrole nitrogens is 1. The Labute approximate surface area is 115 Å². The number of aryl methyl sites for hydroxylation is 1. The number of hydrogen-bond acceptors (Lipinski definition) is 4. The van der Waals surface area contributed by atoms with E-state index >= 15 is 0 Å². The summed E-state index contributed by atoms with van der Waals surface area (Å²) in [5.74, 6) is 0. The highest BCUT2D eigenvalue weighted by Gasteiger charge is 2.21. The lowest BCUT2D eigenvalue weighted by Crippen LogP contribution is -2.30. The van der Waals surface area contributed by atoms with Crippen molar-refractivity contribution in [1.82, 2.24) is 9.71 Å². The predicted molar refractivity (Wildman–Crippen MR) is 74.9 cm³/mol. The van der Waals surface area contributed by atoms with E-state index in [-0.39, 0.29) is 10.9 Å². The summed E-state index contributed by atoms with van der Waals surface area (Å²) in [7, 11) is -3.82. The Morgan fingerprint density at radius 1 is 1.32 bits per heavy atom. The largest absolute Gasteiger partial charge is 0.366 e. The van der Waals surface area contributed by atoms with Gasteiger partial charge in [-0.05, 0) is 26.0 Å². The molecule has 2 N–H and O–H groups in total. The number of rotatable bonds is 4. The monoisotopic (exact) mass is 298 g/mol. The molecule has 2 rings (SSSR count). The van der Waals surface area contributed by atoms with Crippen molar-refractivity contribution in [2.75, 3.05) is 0 Å². The molecule has 0 bridgehead atoms. The summed E-state index contributed by atoms with van der Waals surface area (Å²) >= 11 is 1.52. The minimum atomic E-state index is -3.82. The third-order valence-electron chi connectivity index (χ3n) is 2.60. The third kappa shape index (κ3) is 3.12. The van der Waals surface area contributed by atoms with Crippen LogP contribution in [0.1, 0.15) is 22.7 Å². The molecule has 1 unspecified atom stereocenters. The van der Waals surface area contributed by atoms with E-state index in [1.807, 2.05) is 19.1 Å². The summed E-state index contributed by atoms with van der Waals surface area (Å²) in [5.41, 5.74) is -0.527. The standard InChI is InChI=1S/C12H14N2O3S2/c1-8-3-4-11(18-8)9(2)14-19(16,17)12-7-13-6-5-10(12)15/h3-7,9,14H,1-2H3,(H,13,15). The second-order valence-electron chi connectivity index (χ2n) is 4.16. The minimum absolute atomic E-state index is 0.268. The van der Waals surface area contributed by atoms with Crippen molar-refractivity contribution < 1.29 is 8.42 Å². The van der Waals surface area contributed by atoms with Crippen LogP contribution in [0.3, 0.4) is 0 Å². The van der Waals surface area contributed by atoms with Crippen LogP contribution in [0.2, 0.25) is 0 Å². The fraction of sp³-hybridized carbons (Fsp3) is 0.250. The molecular weight excluding hydrogens is 284 g/mol. The van der Waals surface area contributed by atoms with Gasteiger partial charge in [0.2, 0.25) is 15.5 Å². The number of aromatic nitrogens is 1. The predicted octanol–water partition coefficient (Wildman–Crippen LogP) is 1.78. The third-order valence-corrected chi connectivity index (χ3v) is 5.34. The van der Waals surface area contributed by atoms with Crippen molar-refractivity contribution in [2.45, 2.75) is 24.8 Å². The fourth-order valence-corrected chi connectivity index (χ4v) is 3.88. The molecule has 0 aliphatic heterocycles. The number of hydrogen-bond donors (Lipinski definition) is 2. The average Bonchev–Trinajstić information content (AvgIpc) is 2.76. The molecule has 0 spiro atoms. The Morgan fingerprint density at radius 3 is 2.63 bits per heavy atom. The van der Waals surface area contributed by atoms with Crippen LogP contribution in [0.25, 0.3) is 0 Å². The Morgan fingerprint density at radius 2 is 2.05 bits per heavy atom. The van der Waals surface area contributed by atoms with Crippen LogP contribution in [0.5, 0.6) is 0 Å². The van der Waals surface area contributed by atoms with Gasteiger partial charge in [-0.15, -0.1) is 11.3 Å². The van der Waals surface area contributed by atoms with E-state index in [2.05, 4.69) is 9.71 Å². The average molecular weight is 298 g/mol. The summed E-state index contributed by atoms with van der Waals surface area (Å²) in [6, 6.07) is 4.63. The molecule has 7 heteroatoms. The molecule has 0 amide bonds. The molecule has 2 aromatic rings. The first-order valence-corrected chi connectivity index (χ1v) is 7.96. The van der Waals surface area contributed by atoms with Gasteiger partial charge >= 0.3 is 0 Å². The van der Waals surface area contributed by atoms with Gasteiger partial charge in [-0.2, -0.15) is 0 Å². The normalized spacial score (nSPS) is 13.4. The maximum Gasteiger partial charge on any atom is 0.246 e. The van der Waals surface area contributed by atoms with Crippen molar-refractivity contribution in [3.63, 3.8) is 0 Å². The van der Waals surface area contributed by atoms with Gasteiger partial charge in [-0.1, -0.05) is 0 Å². The molecule has 19 heavy (non-hydrogen) atoms. The maximum absolute atomic E-state index is 12.1. The first-order chi connectivity index (χ1) is 8.90. The molecule has 5 nitrogen and oxygen atoms in total. The molecule has 0 aromatic carbocycles. The quantitative estimate of drug-likeness (QED) is 0.903. The molecule has 1 atom stereocenters. The fourth-order valence-electron chi connectivity index (χ4n) is 1.65. The van der Waals surface area contributed by atoms with Crippen molar-refractivity contribution in [3.05, 3.63) is 50.6 Å². The van der Waals surface area contributed by atoms with Gasteiger partial charge in [0.1, 0.15) is 4.90 Å². The number of thiophene rings is 1. The van der Waals surface area contributed by atoms with Gasteiger partial charge < -0.3 is 4.98 Å². The van der Waals surface area contributed by atoms with Crippen LogP contribution in [0.4, 0.5) is 0 Å². The first-order valence-electron chi connectivity index (χ1n) is 5.66. The van der Waals surface area contributed by atoms with E-state index in [1.54, 1.807) is 6.92 Å². The number of nitrogens with one attached hydrogen (secondary N) is 2. The first kappa shape index (κ1) is 14.0. The molecule has 0 radical (unpaired) electrons. The van der Waals surface area contributed by atoms with Gasteiger partial charge in [-0.3, -0.25) is 4.79 Å². The molecule has 2 heterocycles. The zero-order valence-electron chi connectivity index (χ0n) is 10.5. The second kappa shape index (κ2) is 5.28. The van der Waals surface area contributed by atoms with Crippen LogP contribution < -0.4 is 10.2 Å². The Bertz CT molecular complexity index is 731. The molecule has 0 aliphatic rings. The zero-order chi connectivity index (χ0) is 14.0. The molecular formula is C12H14N2O3S2. The lowest BCUT2D eigenvalue weighted by atomic mass is 10.3. The molecule has 0 aliphatic carbocycles. The second-order valence-corrected chi connectivity index (χ2v) is 7.17. The van der Waals surface area contributed by atoms with E-state index in [9.17, 15) is 13.2 Å². The van der Waals surface area contributed by atoms with E-state index in [0.717, 1.165) is 9.75 Å². The van der Waals surface area contributed by atoms with Gasteiger partial charge in [0.05, 0.1) is 6.04 Å². The topological polar surface area (TPSA) is 79.0 Å². The van der Waals surface area contributed by atoms with Crippen LogP contribution in [0, 0.1) is 6.92 Å². The lowest BCUT2D eigenvalue weighted by molar-refractivity contribution is 0.567. The highest BCUT2D eigenvalue weighted by Crippen LogP contribution is 2.23. The van der Waals surface area contributed by atoms with Crippen LogP contribution in [-0.2, 0) is 10.0 Å². The summed E-state index contributed by atoms with van der Waals surface area (Å²) in [6.45, 7) is 3.71. The number of pyridine rings is 1. The molecule has 0 saturated heterocycles. The van der Waals surface area contributed by atoms with Crippen LogP contribution >= 0.6 is 11.3 Å². The highest BCUT2D eigenvalue weighted by atomic mass is 32.2. The summed E-state index contributed by atoms with van der Waals surface area (Å²) in [5, 5.41) is 0. The summed E-state index contributed by atoms with van der Waals surface area (Å²) < 4.78 is 26.7. The SMILES string of the molecule is Cc1ccc(C(C)NS(=O)(=O)c2c[nH]ccc2=O)s1. The highest BCUT2D eigenvalue weighted by molar-refractivity contribution is 7.89. The number of aromatic amines is 1. The minimum Gasteiger partial charge on any atom is -0.366 e. The van der Waals surface area contributed by atoms with E-state index < -0.39 is 15.5 Å². The zero-order valence-corrected chi connectivity index (χ0v) is 12.1. The Kier molecular flexibility index (Phi) is 3.88. The van der Waals surface area contributed by atoms with E-state index in [0.29, 0.717) is 0 Å². The van der Waals surface area contributed by atoms with Crippen LogP contribution in [-0.4, -0.2) is 13.4 Å². The van der Waals surface area contributed by atoms with E-state index in [1.165, 1.54) is 29.8 Å². The van der Waals surface area contributed by atoms with Gasteiger partial charge in [0.15, 0.2) is 0 Å². The summed E-state index contributed by atoms with van der Waals surface area (Å²) in [6.07, 6.45) is 2.59. The Balaban J connectivity index is 2.28. The van der Waals surface area contributed by atoms with Gasteiger partial charge in [0, 0.05) is 28.2 Å². The maximum atomic E-state index is 12.1. The number of sulfonamides is 1. The van der Waals surface area contributed by atoms with Crippen molar-refractivity contribution in [2.24, 2.45) is 0 Å². The smallest absolute Gasteiger partial charge is 0.246 e. The molecule has 0 saturated carbocycles. The van der Waals surface area contributed by atoms with E-state index in [4.69, 9.17) is 0 Å². The van der Waals surface area contributed by atoms with Gasteiger partial charge in [-0.25, -0.2) is 13.1 Å². The van der Waals surface area contributed by atoms with Crippen molar-refractivity contribution >= 4 is 21.4 Å². The molecule has 2 aromatic heterocycles. The molecule has 102 valence electrons. The Hall–Kier alpha value is -1.44. The lowest BCUT2D eigenvalue weighted by Gasteiger charge is -2.12. The van der Waals surface area contributed by atoms with Crippen molar-refractivity contribution in [3.8, 4) is 0 Å². The van der Waals surface area contributed by atoms with Crippen molar-refractivity contribution in [1.29, 1.82) is 0 Å². The molecule has 0 fully saturated rings. The van der Waals surface area contributed by atoms with Gasteiger partial charge in [0.25, 0.3) is 0 Å². The summed E-state index contributed by atoms with van der Waals surface area (Å²) in [4.78, 5) is 15.9.